The largest absolute Gasteiger partial charge is 0.462 e. The molecule has 0 saturated carbocycles. The van der Waals surface area contributed by atoms with Gasteiger partial charge in [-0.15, -0.1) is 0 Å². The predicted molar refractivity (Wildman–Crippen MR) is 335 cm³/mol. The summed E-state index contributed by atoms with van der Waals surface area (Å²) >= 11 is 0. The van der Waals surface area contributed by atoms with E-state index in [-0.39, 0.29) is 31.1 Å². The first-order chi connectivity index (χ1) is 38.0. The van der Waals surface area contributed by atoms with Gasteiger partial charge in [-0.2, -0.15) is 0 Å². The molecule has 0 aromatic rings. The Bertz CT molecular complexity index is 1200. The number of carbonyl (C=O) groups excluding carboxylic acids is 3. The van der Waals surface area contributed by atoms with E-state index in [1.807, 2.05) is 0 Å². The average molecular weight is 1090 g/mol. The van der Waals surface area contributed by atoms with Crippen LogP contribution in [0, 0.1) is 0 Å². The quantitative estimate of drug-likeness (QED) is 0.0261. The van der Waals surface area contributed by atoms with E-state index in [1.54, 1.807) is 0 Å². The van der Waals surface area contributed by atoms with Gasteiger partial charge in [-0.25, -0.2) is 0 Å². The number of carbonyl (C=O) groups is 3. The zero-order valence-corrected chi connectivity index (χ0v) is 52.5. The standard InChI is InChI=1S/C71H136O6/c1-4-7-10-13-16-19-22-24-26-28-29-30-31-32-33-34-35-36-37-38-39-40-41-42-43-44-46-47-49-52-55-58-61-64-70(73)76-67-68(66-75-69(72)63-60-57-54-51-21-18-15-12-9-6-3)77-71(74)65-62-59-56-53-50-48-45-27-25-23-20-17-14-11-8-5-2/h12,15,68H,4-11,13-14,16-67H2,1-3H3/b15-12-. The Morgan fingerprint density at radius 3 is 0.701 bits per heavy atom. The van der Waals surface area contributed by atoms with Crippen molar-refractivity contribution in [1.29, 1.82) is 0 Å². The molecule has 1 atom stereocenters. The van der Waals surface area contributed by atoms with E-state index < -0.39 is 6.10 Å². The van der Waals surface area contributed by atoms with Crippen LogP contribution in [0.2, 0.25) is 0 Å². The first kappa shape index (κ1) is 75.2. The van der Waals surface area contributed by atoms with E-state index in [0.717, 1.165) is 70.6 Å². The third kappa shape index (κ3) is 64.9. The average Bonchev–Trinajstić information content (AvgIpc) is 3.43. The summed E-state index contributed by atoms with van der Waals surface area (Å²) < 4.78 is 16.9. The van der Waals surface area contributed by atoms with Crippen LogP contribution < -0.4 is 0 Å². The molecule has 0 aromatic carbocycles. The maximum Gasteiger partial charge on any atom is 0.306 e. The van der Waals surface area contributed by atoms with Crippen molar-refractivity contribution < 1.29 is 28.6 Å². The van der Waals surface area contributed by atoms with E-state index in [0.29, 0.717) is 19.3 Å². The normalized spacial score (nSPS) is 12.0. The van der Waals surface area contributed by atoms with Crippen LogP contribution in [0.5, 0.6) is 0 Å². The van der Waals surface area contributed by atoms with Gasteiger partial charge in [0.2, 0.25) is 0 Å². The molecule has 0 heterocycles. The third-order valence-electron chi connectivity index (χ3n) is 16.3. The Labute approximate surface area is 481 Å². The van der Waals surface area contributed by atoms with Gasteiger partial charge in [0.15, 0.2) is 6.10 Å². The molecule has 0 saturated heterocycles. The van der Waals surface area contributed by atoms with Crippen molar-refractivity contribution >= 4 is 17.9 Å². The highest BCUT2D eigenvalue weighted by Gasteiger charge is 2.19. The minimum Gasteiger partial charge on any atom is -0.462 e. The molecule has 0 aliphatic rings. The fraction of sp³-hybridized carbons (Fsp3) is 0.930. The van der Waals surface area contributed by atoms with Gasteiger partial charge >= 0.3 is 17.9 Å². The van der Waals surface area contributed by atoms with Crippen molar-refractivity contribution in [1.82, 2.24) is 0 Å². The van der Waals surface area contributed by atoms with Crippen molar-refractivity contribution in [2.24, 2.45) is 0 Å². The van der Waals surface area contributed by atoms with E-state index in [1.165, 1.54) is 295 Å². The zero-order valence-electron chi connectivity index (χ0n) is 52.5. The van der Waals surface area contributed by atoms with Crippen LogP contribution in [0.3, 0.4) is 0 Å². The number of esters is 3. The van der Waals surface area contributed by atoms with Gasteiger partial charge in [0, 0.05) is 19.3 Å². The number of allylic oxidation sites excluding steroid dienone is 2. The Balaban J connectivity index is 3.99. The summed E-state index contributed by atoms with van der Waals surface area (Å²) in [7, 11) is 0. The molecule has 0 N–H and O–H groups in total. The smallest absolute Gasteiger partial charge is 0.306 e. The van der Waals surface area contributed by atoms with Crippen LogP contribution in [0.1, 0.15) is 406 Å². The van der Waals surface area contributed by atoms with Crippen LogP contribution in [0.4, 0.5) is 0 Å². The zero-order chi connectivity index (χ0) is 55.7. The lowest BCUT2D eigenvalue weighted by Crippen LogP contribution is -2.30. The van der Waals surface area contributed by atoms with Crippen LogP contribution in [0.15, 0.2) is 12.2 Å². The Morgan fingerprint density at radius 2 is 0.455 bits per heavy atom. The molecule has 6 heteroatoms. The lowest BCUT2D eigenvalue weighted by molar-refractivity contribution is -0.167. The molecule has 0 aliphatic carbocycles. The molecule has 0 radical (unpaired) electrons. The highest BCUT2D eigenvalue weighted by Crippen LogP contribution is 2.19. The fourth-order valence-electron chi connectivity index (χ4n) is 11.0. The minimum atomic E-state index is -0.768. The molecule has 1 unspecified atom stereocenters. The number of hydrogen-bond donors (Lipinski definition) is 0. The molecule has 6 nitrogen and oxygen atoms in total. The fourth-order valence-corrected chi connectivity index (χ4v) is 11.0. The van der Waals surface area contributed by atoms with E-state index >= 15 is 0 Å². The second-order valence-corrected chi connectivity index (χ2v) is 24.2. The topological polar surface area (TPSA) is 78.9 Å². The summed E-state index contributed by atoms with van der Waals surface area (Å²) in [4.78, 5) is 38.2. The molecule has 456 valence electrons. The Hall–Kier alpha value is -1.85. The van der Waals surface area contributed by atoms with Crippen molar-refractivity contribution in [3.63, 3.8) is 0 Å². The SMILES string of the molecule is CCC/C=C\CCCCCCCC(=O)OCC(COC(=O)CCCCCCCCCCCCCCCCCCCCCCCCCCCCCCCCCCC)OC(=O)CCCCCCCCCCCCCCCCCC. The monoisotopic (exact) mass is 1090 g/mol. The van der Waals surface area contributed by atoms with Gasteiger partial charge in [0.25, 0.3) is 0 Å². The lowest BCUT2D eigenvalue weighted by Gasteiger charge is -2.18. The van der Waals surface area contributed by atoms with Gasteiger partial charge in [-0.05, 0) is 38.5 Å². The summed E-state index contributed by atoms with van der Waals surface area (Å²) in [5.74, 6) is -0.848. The van der Waals surface area contributed by atoms with Gasteiger partial charge in [0.05, 0.1) is 0 Å². The number of rotatable bonds is 66. The summed E-state index contributed by atoms with van der Waals surface area (Å²) in [6, 6.07) is 0. The predicted octanol–water partition coefficient (Wildman–Crippen LogP) is 24.0. The summed E-state index contributed by atoms with van der Waals surface area (Å²) in [6.07, 6.45) is 79.9. The second kappa shape index (κ2) is 66.7. The first-order valence-corrected chi connectivity index (χ1v) is 35.2. The van der Waals surface area contributed by atoms with Crippen LogP contribution >= 0.6 is 0 Å². The van der Waals surface area contributed by atoms with E-state index in [2.05, 4.69) is 32.9 Å². The Kier molecular flexibility index (Phi) is 65.1. The molecule has 0 aliphatic heterocycles. The van der Waals surface area contributed by atoms with Gasteiger partial charge in [-0.1, -0.05) is 360 Å². The number of hydrogen-bond acceptors (Lipinski definition) is 6. The molecule has 0 spiro atoms. The minimum absolute atomic E-state index is 0.0663. The molecule has 0 amide bonds. The first-order valence-electron chi connectivity index (χ1n) is 35.2. The van der Waals surface area contributed by atoms with Crippen LogP contribution in [-0.2, 0) is 28.6 Å². The number of ether oxygens (including phenoxy) is 3. The van der Waals surface area contributed by atoms with Gasteiger partial charge in [-0.3, -0.25) is 14.4 Å². The van der Waals surface area contributed by atoms with Gasteiger partial charge < -0.3 is 14.2 Å². The number of unbranched alkanes of at least 4 members (excludes halogenated alkanes) is 53. The van der Waals surface area contributed by atoms with Crippen molar-refractivity contribution in [2.75, 3.05) is 13.2 Å². The summed E-state index contributed by atoms with van der Waals surface area (Å²) in [6.45, 7) is 6.65. The molecule has 77 heavy (non-hydrogen) atoms. The molecular formula is C71H136O6. The maximum absolute atomic E-state index is 12.9. The van der Waals surface area contributed by atoms with E-state index in [9.17, 15) is 14.4 Å². The maximum atomic E-state index is 12.9. The highest BCUT2D eigenvalue weighted by atomic mass is 16.6. The highest BCUT2D eigenvalue weighted by molar-refractivity contribution is 5.71. The summed E-state index contributed by atoms with van der Waals surface area (Å²) in [5.41, 5.74) is 0. The summed E-state index contributed by atoms with van der Waals surface area (Å²) in [5, 5.41) is 0. The van der Waals surface area contributed by atoms with E-state index in [4.69, 9.17) is 14.2 Å². The van der Waals surface area contributed by atoms with Crippen LogP contribution in [-0.4, -0.2) is 37.2 Å². The van der Waals surface area contributed by atoms with Gasteiger partial charge in [0.1, 0.15) is 13.2 Å². The Morgan fingerprint density at radius 1 is 0.247 bits per heavy atom. The second-order valence-electron chi connectivity index (χ2n) is 24.2. The van der Waals surface area contributed by atoms with Crippen molar-refractivity contribution in [2.45, 2.75) is 412 Å². The van der Waals surface area contributed by atoms with Crippen molar-refractivity contribution in [3.05, 3.63) is 12.2 Å². The molecule has 0 fully saturated rings. The van der Waals surface area contributed by atoms with Crippen molar-refractivity contribution in [3.8, 4) is 0 Å². The third-order valence-corrected chi connectivity index (χ3v) is 16.3. The molecule has 0 aromatic heterocycles. The lowest BCUT2D eigenvalue weighted by atomic mass is 10.0. The van der Waals surface area contributed by atoms with Crippen LogP contribution in [0.25, 0.3) is 0 Å². The molecule has 0 rings (SSSR count). The molecule has 0 bridgehead atoms. The molecular weight excluding hydrogens is 949 g/mol.